The summed E-state index contributed by atoms with van der Waals surface area (Å²) in [6.45, 7) is -0.681. The average molecular weight is 1420 g/mol. The summed E-state index contributed by atoms with van der Waals surface area (Å²) in [7, 11) is 0. The number of halogens is 15. The highest BCUT2D eigenvalue weighted by atomic mass is 35.5. The molecule has 4 aliphatic rings. The van der Waals surface area contributed by atoms with Crippen molar-refractivity contribution in [2.24, 2.45) is 5.73 Å². The smallest absolute Gasteiger partial charge is 0.407 e. The van der Waals surface area contributed by atoms with Crippen molar-refractivity contribution in [1.82, 2.24) is 5.32 Å². The molecule has 494 valence electrons. The van der Waals surface area contributed by atoms with Gasteiger partial charge in [-0.1, -0.05) is 100 Å². The molecule has 0 aromatic heterocycles. The quantitative estimate of drug-likeness (QED) is 0.0188. The standard InChI is InChI=1S/C17H14ClF2NO3.C9H4ClF2NO3.C9H8ClF2NO.C8H4O3.C7H3ClF2O2.C6H3ClF2O.C2H5NO3/c18-14-13(19)7-11-6-12(9-23-16(11)15(14)20)21-17(22)24-8-10-4-2-1-3-5-10;10-7-6(11)2-4-1-5(13(14)15)3-16-9(4)8(7)12;10-7-6(11)2-4-1-5(13)3-14-9(4)8(7)12;9-7-5-3-1-2-4-6(5)8(10)11-7;8-5-4(9)1-3(2-11)7(12)6(5)10;7-5-3(8)1-2-4(10)6(5)9;4-2-1-3(5)6/h1-5,7,12H,6,8-9H2,(H,21,22);1-2H,3H2;2,5H,1,3,13H2;1-4H;1-2,12H;1-2,10H;4H,1-2H2. The summed E-state index contributed by atoms with van der Waals surface area (Å²) in [6, 6.07) is 20.7. The predicted octanol–water partition coefficient (Wildman–Crippen LogP) is 13.1. The molecule has 93 heavy (non-hydrogen) atoms. The van der Waals surface area contributed by atoms with Gasteiger partial charge in [-0.15, -0.1) is 0 Å². The van der Waals surface area contributed by atoms with Crippen LogP contribution < -0.4 is 25.3 Å². The Morgan fingerprint density at radius 2 is 1.14 bits per heavy atom. The molecule has 0 aliphatic carbocycles. The Balaban J connectivity index is 0.000000204. The van der Waals surface area contributed by atoms with Gasteiger partial charge in [-0.3, -0.25) is 25.0 Å². The van der Waals surface area contributed by atoms with Crippen molar-refractivity contribution in [2.45, 2.75) is 31.5 Å². The third-order valence-corrected chi connectivity index (χ3v) is 13.7. The third-order valence-electron chi connectivity index (χ3n) is 12.0. The number of fused-ring (bicyclic) bond motifs is 4. The zero-order valence-corrected chi connectivity index (χ0v) is 50.2. The molecule has 6 N–H and O–H groups in total. The van der Waals surface area contributed by atoms with Crippen LogP contribution in [0.5, 0.6) is 28.7 Å². The Bertz CT molecular complexity index is 3940. The van der Waals surface area contributed by atoms with Crippen LogP contribution in [0, 0.1) is 78.4 Å². The number of carbonyl (C=O) groups is 4. The van der Waals surface area contributed by atoms with Crippen LogP contribution in [0.25, 0.3) is 6.08 Å². The third kappa shape index (κ3) is 20.2. The number of phenolic OH excluding ortho intramolecular Hbond substituents is 2. The minimum absolute atomic E-state index is 0.0260. The molecule has 0 fully saturated rings. The van der Waals surface area contributed by atoms with Crippen molar-refractivity contribution in [3.8, 4) is 28.7 Å². The van der Waals surface area contributed by atoms with Gasteiger partial charge in [0.25, 0.3) is 5.70 Å². The van der Waals surface area contributed by atoms with Gasteiger partial charge < -0.3 is 50.1 Å². The number of aliphatic hydroxyl groups excluding tert-OH is 1. The fraction of sp³-hybridized carbons (Fsp3) is 0.172. The first-order chi connectivity index (χ1) is 43.9. The van der Waals surface area contributed by atoms with E-state index in [2.05, 4.69) is 10.1 Å². The van der Waals surface area contributed by atoms with Gasteiger partial charge in [0.05, 0.1) is 27.7 Å². The lowest BCUT2D eigenvalue weighted by Gasteiger charge is -2.26. The molecule has 2 unspecified atom stereocenters. The molecule has 2 atom stereocenters. The van der Waals surface area contributed by atoms with E-state index in [9.17, 15) is 83.3 Å². The van der Waals surface area contributed by atoms with Gasteiger partial charge >= 0.3 is 18.0 Å². The second kappa shape index (κ2) is 34.5. The highest BCUT2D eigenvalue weighted by Gasteiger charge is 2.31. The van der Waals surface area contributed by atoms with Crippen molar-refractivity contribution in [2.75, 3.05) is 33.0 Å². The first-order valence-electron chi connectivity index (χ1n) is 25.6. The van der Waals surface area contributed by atoms with Crippen LogP contribution in [0.1, 0.15) is 53.3 Å². The zero-order chi connectivity index (χ0) is 69.1. The average Bonchev–Trinajstić information content (AvgIpc) is 1.61. The Morgan fingerprint density at radius 3 is 1.66 bits per heavy atom. The molecule has 35 heteroatoms. The number of hydrogen-bond donors (Lipinski definition) is 5. The number of aldehydes is 1. The summed E-state index contributed by atoms with van der Waals surface area (Å²) < 4.78 is 155. The van der Waals surface area contributed by atoms with Crippen LogP contribution in [0.4, 0.5) is 48.7 Å². The lowest BCUT2D eigenvalue weighted by molar-refractivity contribution is -0.482. The van der Waals surface area contributed by atoms with Crippen LogP contribution in [-0.2, 0) is 28.9 Å². The van der Waals surface area contributed by atoms with Crippen molar-refractivity contribution in [1.29, 1.82) is 0 Å². The molecule has 11 rings (SSSR count). The fourth-order valence-corrected chi connectivity index (χ4v) is 8.31. The maximum Gasteiger partial charge on any atom is 0.407 e. The molecule has 4 aliphatic heterocycles. The van der Waals surface area contributed by atoms with Crippen molar-refractivity contribution >= 4 is 88.4 Å². The fourth-order valence-electron chi connectivity index (χ4n) is 7.58. The number of amides is 1. The molecular formula is C58H41Cl5F10N4O16. The topological polar surface area (TPSA) is 299 Å². The largest absolute Gasteiger partial charge is 0.505 e. The number of aliphatic hydroxyl groups is 1. The minimum atomic E-state index is -1.32. The van der Waals surface area contributed by atoms with E-state index in [0.717, 1.165) is 35.9 Å². The molecule has 7 aromatic carbocycles. The Kier molecular flexibility index (Phi) is 27.6. The summed E-state index contributed by atoms with van der Waals surface area (Å²) in [5.41, 5.74) is 7.14. The monoisotopic (exact) mass is 1410 g/mol. The van der Waals surface area contributed by atoms with Gasteiger partial charge in [0.1, 0.15) is 80.6 Å². The molecular weight excluding hydrogens is 1380 g/mol. The molecule has 0 saturated carbocycles. The number of carbonyl (C=O) groups excluding carboxylic acids is 4. The van der Waals surface area contributed by atoms with Crippen molar-refractivity contribution < 1.29 is 112 Å². The maximum atomic E-state index is 13.8. The Hall–Kier alpha value is -9.17. The summed E-state index contributed by atoms with van der Waals surface area (Å²) in [6.07, 6.45) is 1.20. The summed E-state index contributed by atoms with van der Waals surface area (Å²) in [4.78, 5) is 62.0. The van der Waals surface area contributed by atoms with Crippen LogP contribution in [0.3, 0.4) is 0 Å². The van der Waals surface area contributed by atoms with E-state index >= 15 is 0 Å². The van der Waals surface area contributed by atoms with Crippen molar-refractivity contribution in [3.63, 3.8) is 0 Å². The van der Waals surface area contributed by atoms with Gasteiger partial charge in [0.15, 0.2) is 70.7 Å². The predicted molar refractivity (Wildman–Crippen MR) is 311 cm³/mol. The molecule has 1 amide bonds. The second-order valence-corrected chi connectivity index (χ2v) is 20.4. The van der Waals surface area contributed by atoms with E-state index in [-0.39, 0.29) is 86.8 Å². The van der Waals surface area contributed by atoms with Gasteiger partial charge in [0.2, 0.25) is 6.54 Å². The number of nitrogens with one attached hydrogen (secondary N) is 1. The number of nitrogens with two attached hydrogens (primary N) is 1. The number of esters is 2. The number of cyclic esters (lactones) is 2. The van der Waals surface area contributed by atoms with E-state index < -0.39 is 134 Å². The van der Waals surface area contributed by atoms with Gasteiger partial charge in [-0.2, -0.15) is 0 Å². The van der Waals surface area contributed by atoms with Crippen LogP contribution >= 0.6 is 58.0 Å². The number of alkyl carbamates (subject to hydrolysis) is 1. The summed E-state index contributed by atoms with van der Waals surface area (Å²) >= 11 is 26.4. The van der Waals surface area contributed by atoms with Crippen LogP contribution in [-0.4, -0.2) is 94.5 Å². The Morgan fingerprint density at radius 1 is 0.645 bits per heavy atom. The number of benzene rings is 7. The van der Waals surface area contributed by atoms with Gasteiger partial charge in [-0.25, -0.2) is 58.3 Å². The second-order valence-electron chi connectivity index (χ2n) is 18.5. The minimum Gasteiger partial charge on any atom is -0.505 e. The summed E-state index contributed by atoms with van der Waals surface area (Å²) in [5, 5.41) is 44.2. The Labute approximate surface area is 541 Å². The summed E-state index contributed by atoms with van der Waals surface area (Å²) in [5.74, 6) is -12.8. The molecule has 4 heterocycles. The normalized spacial score (nSPS) is 14.1. The van der Waals surface area contributed by atoms with Crippen molar-refractivity contribution in [3.05, 3.63) is 239 Å². The SMILES string of the molecule is NC1COc2c(cc(F)c(Cl)c2F)C1.O=C(NC1COc2c(cc(F)c(Cl)c2F)C1)OCc1ccccc1.O=C1OC(=O)c2ccccc21.O=Cc1cc(F)c(Cl)c(F)c1O.O=[N+]([O-])C1=Cc2cc(F)c(Cl)c(F)c2OC1.O=[N+]([O-])CCO.Oc1ccc(F)c(Cl)c1F. The number of nitrogens with zero attached hydrogens (tertiary/aromatic N) is 2. The number of ether oxygens (including phenoxy) is 5. The lowest BCUT2D eigenvalue weighted by Crippen LogP contribution is -2.43. The molecule has 0 bridgehead atoms. The van der Waals surface area contributed by atoms with E-state index in [1.54, 1.807) is 24.3 Å². The van der Waals surface area contributed by atoms with E-state index in [0.29, 0.717) is 34.7 Å². The number of phenols is 2. The molecule has 0 spiro atoms. The van der Waals surface area contributed by atoms with Gasteiger partial charge in [-0.05, 0) is 66.9 Å². The van der Waals surface area contributed by atoms with Gasteiger partial charge in [0, 0.05) is 33.7 Å². The van der Waals surface area contributed by atoms with Crippen LogP contribution in [0.2, 0.25) is 25.1 Å². The first kappa shape index (κ1) is 74.6. The molecule has 0 radical (unpaired) electrons. The number of nitro groups is 2. The first-order valence-corrected chi connectivity index (χ1v) is 27.5. The number of aromatic hydroxyl groups is 2. The van der Waals surface area contributed by atoms with E-state index in [1.807, 2.05) is 30.3 Å². The number of hydrogen-bond acceptors (Lipinski definition) is 17. The maximum absolute atomic E-state index is 13.8. The molecule has 0 saturated heterocycles. The number of rotatable bonds is 7. The van der Waals surface area contributed by atoms with Crippen LogP contribution in [0.15, 0.2) is 96.7 Å². The lowest BCUT2D eigenvalue weighted by atomic mass is 10.0. The highest BCUT2D eigenvalue weighted by Crippen LogP contribution is 2.38. The zero-order valence-electron chi connectivity index (χ0n) is 46.4. The highest BCUT2D eigenvalue weighted by molar-refractivity contribution is 6.32. The molecule has 20 nitrogen and oxygen atoms in total. The van der Waals surface area contributed by atoms with E-state index in [1.165, 1.54) is 6.07 Å². The molecule has 7 aromatic rings. The van der Waals surface area contributed by atoms with E-state index in [4.69, 9.17) is 98.0 Å².